The van der Waals surface area contributed by atoms with Gasteiger partial charge in [-0.3, -0.25) is 4.68 Å². The molecule has 0 aliphatic heterocycles. The zero-order chi connectivity index (χ0) is 15.2. The third-order valence-electron chi connectivity index (χ3n) is 2.88. The third-order valence-corrected chi connectivity index (χ3v) is 2.88. The Hall–Kier alpha value is -2.51. The van der Waals surface area contributed by atoms with Crippen molar-refractivity contribution in [1.82, 2.24) is 25.0 Å². The molecule has 8 heteroatoms. The molecule has 0 spiro atoms. The van der Waals surface area contributed by atoms with E-state index in [2.05, 4.69) is 25.6 Å². The van der Waals surface area contributed by atoms with Crippen molar-refractivity contribution in [3.8, 4) is 0 Å². The number of nitrogens with one attached hydrogen (secondary N) is 1. The Labute approximate surface area is 122 Å². The van der Waals surface area contributed by atoms with Crippen molar-refractivity contribution >= 4 is 11.7 Å². The summed E-state index contributed by atoms with van der Waals surface area (Å²) in [5.74, 6) is -0.442. The summed E-state index contributed by atoms with van der Waals surface area (Å²) < 4.78 is 1.72. The molecule has 0 fully saturated rings. The van der Waals surface area contributed by atoms with Gasteiger partial charge in [0.1, 0.15) is 5.82 Å². The largest absolute Gasteiger partial charge is 0.476 e. The van der Waals surface area contributed by atoms with Gasteiger partial charge in [0, 0.05) is 25.2 Å². The maximum atomic E-state index is 11.3. The fraction of sp³-hybridized carbons (Fsp3) is 0.462. The van der Waals surface area contributed by atoms with Gasteiger partial charge in [-0.05, 0) is 6.42 Å². The van der Waals surface area contributed by atoms with Gasteiger partial charge in [-0.15, -0.1) is 5.10 Å². The average Bonchev–Trinajstić information content (AvgIpc) is 2.96. The van der Waals surface area contributed by atoms with Crippen molar-refractivity contribution in [3.63, 3.8) is 0 Å². The van der Waals surface area contributed by atoms with Crippen LogP contribution in [0, 0.1) is 0 Å². The molecule has 0 radical (unpaired) electrons. The van der Waals surface area contributed by atoms with Gasteiger partial charge in [-0.1, -0.05) is 19.1 Å². The number of aryl methyl sites for hydroxylation is 1. The molecule has 0 aliphatic carbocycles. The van der Waals surface area contributed by atoms with Crippen LogP contribution in [0.2, 0.25) is 0 Å². The van der Waals surface area contributed by atoms with Gasteiger partial charge in [-0.25, -0.2) is 14.8 Å². The van der Waals surface area contributed by atoms with Gasteiger partial charge in [0.05, 0.1) is 18.1 Å². The minimum atomic E-state index is -1.06. The molecule has 21 heavy (non-hydrogen) atoms. The molecule has 112 valence electrons. The lowest BCUT2D eigenvalue weighted by atomic mass is 10.2. The number of anilines is 1. The first kappa shape index (κ1) is 14.9. The van der Waals surface area contributed by atoms with E-state index < -0.39 is 5.97 Å². The van der Waals surface area contributed by atoms with E-state index in [0.717, 1.165) is 6.42 Å². The van der Waals surface area contributed by atoms with Crippen LogP contribution in [0.1, 0.15) is 42.5 Å². The predicted octanol–water partition coefficient (Wildman–Crippen LogP) is 1.39. The van der Waals surface area contributed by atoms with Crippen LogP contribution in [0.3, 0.4) is 0 Å². The Kier molecular flexibility index (Phi) is 4.81. The molecule has 2 aromatic rings. The van der Waals surface area contributed by atoms with E-state index in [1.165, 1.54) is 6.20 Å². The first-order valence-electron chi connectivity index (χ1n) is 6.76. The highest BCUT2D eigenvalue weighted by atomic mass is 16.4. The molecule has 2 N–H and O–H groups in total. The quantitative estimate of drug-likeness (QED) is 0.742. The number of rotatable bonds is 7. The van der Waals surface area contributed by atoms with Gasteiger partial charge in [0.2, 0.25) is 0 Å². The number of carboxylic acids is 1. The van der Waals surface area contributed by atoms with E-state index in [0.29, 0.717) is 24.6 Å². The SMILES string of the molecule is CC(C)c1ncc(NCCCn2ccnn2)c(C(=O)O)n1. The molecule has 0 aromatic carbocycles. The Morgan fingerprint density at radius 3 is 2.90 bits per heavy atom. The van der Waals surface area contributed by atoms with Crippen LogP contribution in [0.5, 0.6) is 0 Å². The van der Waals surface area contributed by atoms with E-state index in [4.69, 9.17) is 0 Å². The molecule has 0 saturated carbocycles. The number of carboxylic acid groups (broad SMARTS) is 1. The summed E-state index contributed by atoms with van der Waals surface area (Å²) in [5, 5.41) is 19.9. The van der Waals surface area contributed by atoms with Crippen LogP contribution in [-0.4, -0.2) is 42.6 Å². The van der Waals surface area contributed by atoms with E-state index in [-0.39, 0.29) is 11.6 Å². The number of carbonyl (C=O) groups is 1. The first-order valence-corrected chi connectivity index (χ1v) is 6.76. The van der Waals surface area contributed by atoms with Gasteiger partial charge in [-0.2, -0.15) is 0 Å². The van der Waals surface area contributed by atoms with Crippen molar-refractivity contribution in [2.24, 2.45) is 0 Å². The van der Waals surface area contributed by atoms with Gasteiger partial charge in [0.25, 0.3) is 0 Å². The monoisotopic (exact) mass is 290 g/mol. The van der Waals surface area contributed by atoms with Crippen LogP contribution in [0.25, 0.3) is 0 Å². The zero-order valence-electron chi connectivity index (χ0n) is 12.0. The lowest BCUT2D eigenvalue weighted by Crippen LogP contribution is -2.14. The van der Waals surface area contributed by atoms with Gasteiger partial charge in [0.15, 0.2) is 5.69 Å². The molecule has 0 saturated heterocycles. The number of nitrogens with zero attached hydrogens (tertiary/aromatic N) is 5. The molecule has 0 aliphatic rings. The van der Waals surface area contributed by atoms with E-state index in [1.807, 2.05) is 13.8 Å². The summed E-state index contributed by atoms with van der Waals surface area (Å²) in [5.41, 5.74) is 0.444. The normalized spacial score (nSPS) is 10.8. The van der Waals surface area contributed by atoms with Crippen molar-refractivity contribution in [1.29, 1.82) is 0 Å². The van der Waals surface area contributed by atoms with Crippen molar-refractivity contribution in [2.75, 3.05) is 11.9 Å². The summed E-state index contributed by atoms with van der Waals surface area (Å²) in [4.78, 5) is 19.5. The van der Waals surface area contributed by atoms with Crippen molar-refractivity contribution in [3.05, 3.63) is 30.1 Å². The standard InChI is InChI=1S/C13H18N6O2/c1-9(2)12-15-8-10(11(17-12)13(20)21)14-4-3-6-19-7-5-16-18-19/h5,7-9,14H,3-4,6H2,1-2H3,(H,20,21). The van der Waals surface area contributed by atoms with E-state index in [9.17, 15) is 9.90 Å². The minimum absolute atomic E-state index is 0.00876. The fourth-order valence-electron chi connectivity index (χ4n) is 1.78. The highest BCUT2D eigenvalue weighted by Gasteiger charge is 2.15. The Bertz CT molecular complexity index is 597. The molecule has 8 nitrogen and oxygen atoms in total. The highest BCUT2D eigenvalue weighted by Crippen LogP contribution is 2.16. The zero-order valence-corrected chi connectivity index (χ0v) is 12.0. The molecule has 2 aromatic heterocycles. The topological polar surface area (TPSA) is 106 Å². The summed E-state index contributed by atoms with van der Waals surface area (Å²) >= 11 is 0. The van der Waals surface area contributed by atoms with Crippen molar-refractivity contribution < 1.29 is 9.90 Å². The molecule has 0 bridgehead atoms. The summed E-state index contributed by atoms with van der Waals surface area (Å²) in [7, 11) is 0. The predicted molar refractivity (Wildman–Crippen MR) is 76.2 cm³/mol. The first-order chi connectivity index (χ1) is 10.1. The third kappa shape index (κ3) is 3.98. The summed E-state index contributed by atoms with van der Waals surface area (Å²) in [6.45, 7) is 5.16. The fourth-order valence-corrected chi connectivity index (χ4v) is 1.78. The number of hydrogen-bond donors (Lipinski definition) is 2. The van der Waals surface area contributed by atoms with Crippen LogP contribution in [0.4, 0.5) is 5.69 Å². The Morgan fingerprint density at radius 1 is 1.48 bits per heavy atom. The van der Waals surface area contributed by atoms with E-state index in [1.54, 1.807) is 17.1 Å². The molecular formula is C13H18N6O2. The van der Waals surface area contributed by atoms with Crippen LogP contribution in [-0.2, 0) is 6.54 Å². The average molecular weight is 290 g/mol. The Morgan fingerprint density at radius 2 is 2.29 bits per heavy atom. The molecule has 0 atom stereocenters. The second-order valence-corrected chi connectivity index (χ2v) is 4.90. The van der Waals surface area contributed by atoms with Crippen molar-refractivity contribution in [2.45, 2.75) is 32.7 Å². The molecule has 0 amide bonds. The van der Waals surface area contributed by atoms with Gasteiger partial charge < -0.3 is 10.4 Å². The Balaban J connectivity index is 1.97. The smallest absolute Gasteiger partial charge is 0.356 e. The second kappa shape index (κ2) is 6.78. The van der Waals surface area contributed by atoms with Gasteiger partial charge >= 0.3 is 5.97 Å². The highest BCUT2D eigenvalue weighted by molar-refractivity contribution is 5.91. The number of aromatic nitrogens is 5. The summed E-state index contributed by atoms with van der Waals surface area (Å²) in [6.07, 6.45) is 5.72. The molecule has 2 rings (SSSR count). The second-order valence-electron chi connectivity index (χ2n) is 4.90. The van der Waals surface area contributed by atoms with Crippen LogP contribution in [0.15, 0.2) is 18.6 Å². The number of aromatic carboxylic acids is 1. The maximum absolute atomic E-state index is 11.3. The maximum Gasteiger partial charge on any atom is 0.356 e. The summed E-state index contributed by atoms with van der Waals surface area (Å²) in [6, 6.07) is 0. The minimum Gasteiger partial charge on any atom is -0.476 e. The lowest BCUT2D eigenvalue weighted by Gasteiger charge is -2.11. The van der Waals surface area contributed by atoms with Crippen LogP contribution < -0.4 is 5.32 Å². The molecular weight excluding hydrogens is 272 g/mol. The van der Waals surface area contributed by atoms with E-state index >= 15 is 0 Å². The number of hydrogen-bond acceptors (Lipinski definition) is 6. The van der Waals surface area contributed by atoms with Crippen LogP contribution >= 0.6 is 0 Å². The molecule has 2 heterocycles. The molecule has 0 unspecified atom stereocenters. The lowest BCUT2D eigenvalue weighted by molar-refractivity contribution is 0.0691.